The maximum atomic E-state index is 10.6. The zero-order chi connectivity index (χ0) is 10.7. The summed E-state index contributed by atoms with van der Waals surface area (Å²) in [5.74, 6) is -1.50. The maximum absolute atomic E-state index is 10.6. The number of carboxylic acid groups (broad SMARTS) is 1. The molecule has 0 aliphatic carbocycles. The van der Waals surface area contributed by atoms with Gasteiger partial charge < -0.3 is 10.3 Å². The number of carboxylic acids is 1. The highest BCUT2D eigenvalue weighted by molar-refractivity contribution is 7.07. The van der Waals surface area contributed by atoms with E-state index in [1.807, 2.05) is 0 Å². The maximum Gasteiger partial charge on any atom is 0.309 e. The molecule has 0 radical (unpaired) electrons. The van der Waals surface area contributed by atoms with E-state index < -0.39 is 11.9 Å². The lowest BCUT2D eigenvalue weighted by atomic mass is 10.3. The first-order valence-corrected chi connectivity index (χ1v) is 4.54. The molecule has 0 saturated heterocycles. The number of amides is 1. The first-order chi connectivity index (χ1) is 6.50. The molecule has 6 nitrogen and oxygen atoms in total. The van der Waals surface area contributed by atoms with Gasteiger partial charge in [0.05, 0.1) is 12.1 Å². The normalized spacial score (nSPS) is 11.6. The van der Waals surface area contributed by atoms with Gasteiger partial charge in [-0.15, -0.1) is 11.3 Å². The van der Waals surface area contributed by atoms with E-state index in [0.717, 1.165) is 11.3 Å². The van der Waals surface area contributed by atoms with Crippen LogP contribution in [0.15, 0.2) is 10.4 Å². The molecule has 0 aliphatic rings. The number of thiazole rings is 1. The number of hydrogen-bond donors (Lipinski definition) is 2. The van der Waals surface area contributed by atoms with Gasteiger partial charge in [-0.1, -0.05) is 0 Å². The molecule has 1 amide bonds. The smallest absolute Gasteiger partial charge is 0.309 e. The van der Waals surface area contributed by atoms with Crippen LogP contribution in [0.1, 0.15) is 12.6 Å². The number of carbonyl (C=O) groups excluding carboxylic acids is 1. The van der Waals surface area contributed by atoms with Crippen molar-refractivity contribution in [2.45, 2.75) is 13.3 Å². The first kappa shape index (κ1) is 10.5. The largest absolute Gasteiger partial charge is 0.481 e. The average molecular weight is 216 g/mol. The fraction of sp³-hybridized carbons (Fsp3) is 0.286. The van der Waals surface area contributed by atoms with Crippen LogP contribution in [0.5, 0.6) is 0 Å². The zero-order valence-electron chi connectivity index (χ0n) is 7.30. The summed E-state index contributed by atoms with van der Waals surface area (Å²) < 4.78 is 0.611. The number of hydrogen-bond acceptors (Lipinski definition) is 4. The standard InChI is InChI=1S/C7H8N2O4S/c1-4(10)8-7-9(13)5(3-14-7)2-6(11)12/h3,13H,2H2,1H3,(H,11,12)/b8-7+. The van der Waals surface area contributed by atoms with Gasteiger partial charge in [-0.25, -0.2) is 0 Å². The Kier molecular flexibility index (Phi) is 3.03. The van der Waals surface area contributed by atoms with E-state index in [0.29, 0.717) is 4.73 Å². The van der Waals surface area contributed by atoms with Crippen molar-refractivity contribution in [2.75, 3.05) is 0 Å². The Morgan fingerprint density at radius 1 is 1.64 bits per heavy atom. The van der Waals surface area contributed by atoms with Crippen molar-refractivity contribution in [1.29, 1.82) is 0 Å². The van der Waals surface area contributed by atoms with Crippen LogP contribution in [0.3, 0.4) is 0 Å². The van der Waals surface area contributed by atoms with Crippen molar-refractivity contribution < 1.29 is 19.9 Å². The highest BCUT2D eigenvalue weighted by Gasteiger charge is 2.08. The van der Waals surface area contributed by atoms with Crippen molar-refractivity contribution in [1.82, 2.24) is 4.73 Å². The molecule has 1 aromatic heterocycles. The molecule has 0 bridgehead atoms. The molecule has 1 rings (SSSR count). The van der Waals surface area contributed by atoms with E-state index in [1.165, 1.54) is 12.3 Å². The Bertz CT molecular complexity index is 431. The van der Waals surface area contributed by atoms with E-state index in [2.05, 4.69) is 4.99 Å². The highest BCUT2D eigenvalue weighted by Crippen LogP contribution is 2.00. The van der Waals surface area contributed by atoms with E-state index >= 15 is 0 Å². The predicted molar refractivity (Wildman–Crippen MR) is 47.1 cm³/mol. The van der Waals surface area contributed by atoms with Crippen molar-refractivity contribution in [3.05, 3.63) is 15.9 Å². The lowest BCUT2D eigenvalue weighted by molar-refractivity contribution is -0.136. The monoisotopic (exact) mass is 216 g/mol. The van der Waals surface area contributed by atoms with Crippen LogP contribution in [-0.2, 0) is 16.0 Å². The van der Waals surface area contributed by atoms with Gasteiger partial charge in [-0.3, -0.25) is 9.59 Å². The predicted octanol–water partition coefficient (Wildman–Crippen LogP) is -0.139. The molecule has 0 atom stereocenters. The quantitative estimate of drug-likeness (QED) is 0.673. The molecule has 2 N–H and O–H groups in total. The molecule has 0 unspecified atom stereocenters. The molecule has 0 saturated carbocycles. The van der Waals surface area contributed by atoms with Crippen molar-refractivity contribution in [2.24, 2.45) is 4.99 Å². The fourth-order valence-corrected chi connectivity index (χ4v) is 1.65. The van der Waals surface area contributed by atoms with Crippen LogP contribution in [0.25, 0.3) is 0 Å². The molecule has 1 aromatic rings. The molecule has 14 heavy (non-hydrogen) atoms. The second kappa shape index (κ2) is 4.05. The first-order valence-electron chi connectivity index (χ1n) is 3.66. The van der Waals surface area contributed by atoms with E-state index in [9.17, 15) is 14.8 Å². The Balaban J connectivity index is 3.08. The topological polar surface area (TPSA) is 91.9 Å². The molecule has 0 aliphatic heterocycles. The summed E-state index contributed by atoms with van der Waals surface area (Å²) in [5.41, 5.74) is 0.197. The van der Waals surface area contributed by atoms with Crippen molar-refractivity contribution in [3.8, 4) is 0 Å². The van der Waals surface area contributed by atoms with Crippen LogP contribution in [0.2, 0.25) is 0 Å². The minimum Gasteiger partial charge on any atom is -0.481 e. The molecule has 0 fully saturated rings. The van der Waals surface area contributed by atoms with Crippen molar-refractivity contribution in [3.63, 3.8) is 0 Å². The van der Waals surface area contributed by atoms with E-state index in [4.69, 9.17) is 5.11 Å². The molecule has 0 spiro atoms. The van der Waals surface area contributed by atoms with Crippen LogP contribution in [-0.4, -0.2) is 26.9 Å². The SMILES string of the molecule is CC(=O)/N=c1/scc(CC(=O)O)n1O. The zero-order valence-corrected chi connectivity index (χ0v) is 8.11. The molecule has 0 aromatic carbocycles. The van der Waals surface area contributed by atoms with Gasteiger partial charge >= 0.3 is 5.97 Å². The van der Waals surface area contributed by atoms with Gasteiger partial charge in [0, 0.05) is 12.3 Å². The number of carbonyl (C=O) groups is 2. The van der Waals surface area contributed by atoms with Crippen LogP contribution < -0.4 is 4.80 Å². The third-order valence-corrected chi connectivity index (χ3v) is 2.20. The summed E-state index contributed by atoms with van der Waals surface area (Å²) in [6.07, 6.45) is -0.305. The molecule has 1 heterocycles. The minimum atomic E-state index is -1.06. The third kappa shape index (κ3) is 2.43. The second-order valence-electron chi connectivity index (χ2n) is 2.52. The summed E-state index contributed by atoms with van der Waals surface area (Å²) in [6.45, 7) is 1.25. The van der Waals surface area contributed by atoms with Gasteiger partial charge in [0.1, 0.15) is 0 Å². The summed E-state index contributed by atoms with van der Waals surface area (Å²) in [5, 5.41) is 19.2. The van der Waals surface area contributed by atoms with Crippen LogP contribution >= 0.6 is 11.3 Å². The summed E-state index contributed by atoms with van der Waals surface area (Å²) in [6, 6.07) is 0. The van der Waals surface area contributed by atoms with Gasteiger partial charge in [-0.2, -0.15) is 9.72 Å². The highest BCUT2D eigenvalue weighted by atomic mass is 32.1. The molecular weight excluding hydrogens is 208 g/mol. The average Bonchev–Trinajstić information content (AvgIpc) is 2.34. The van der Waals surface area contributed by atoms with Crippen LogP contribution in [0, 0.1) is 0 Å². The lowest BCUT2D eigenvalue weighted by Gasteiger charge is -1.95. The Morgan fingerprint density at radius 2 is 2.29 bits per heavy atom. The molecule has 76 valence electrons. The number of aromatic nitrogens is 1. The Labute approximate surface area is 82.7 Å². The Morgan fingerprint density at radius 3 is 2.79 bits per heavy atom. The number of rotatable bonds is 2. The van der Waals surface area contributed by atoms with Gasteiger partial charge in [0.2, 0.25) is 10.7 Å². The summed E-state index contributed by atoms with van der Waals surface area (Å²) in [7, 11) is 0. The minimum absolute atomic E-state index is 0.0775. The van der Waals surface area contributed by atoms with Crippen molar-refractivity contribution >= 4 is 23.2 Å². The molecular formula is C7H8N2O4S. The summed E-state index contributed by atoms with van der Waals surface area (Å²) in [4.78, 5) is 24.5. The number of nitrogens with zero attached hydrogens (tertiary/aromatic N) is 2. The van der Waals surface area contributed by atoms with Gasteiger partial charge in [-0.05, 0) is 0 Å². The van der Waals surface area contributed by atoms with Gasteiger partial charge in [0.15, 0.2) is 0 Å². The fourth-order valence-electron chi connectivity index (χ4n) is 0.823. The second-order valence-corrected chi connectivity index (χ2v) is 3.36. The molecule has 7 heteroatoms. The number of aliphatic carboxylic acids is 1. The Hall–Kier alpha value is -1.63. The lowest BCUT2D eigenvalue weighted by Crippen LogP contribution is -2.17. The van der Waals surface area contributed by atoms with Gasteiger partial charge in [0.25, 0.3) is 0 Å². The summed E-state index contributed by atoms with van der Waals surface area (Å²) >= 11 is 1.01. The third-order valence-electron chi connectivity index (χ3n) is 1.34. The van der Waals surface area contributed by atoms with Crippen LogP contribution in [0.4, 0.5) is 0 Å². The van der Waals surface area contributed by atoms with E-state index in [1.54, 1.807) is 0 Å². The van der Waals surface area contributed by atoms with E-state index in [-0.39, 0.29) is 16.9 Å².